The molecule has 0 saturated carbocycles. The van der Waals surface area contributed by atoms with Crippen LogP contribution in [0.15, 0.2) is 47.5 Å². The molecule has 0 heterocycles. The van der Waals surface area contributed by atoms with E-state index in [-0.39, 0.29) is 24.0 Å². The van der Waals surface area contributed by atoms with Crippen LogP contribution in [0.1, 0.15) is 22.3 Å². The number of aliphatic imine (C=N–C) groups is 1. The van der Waals surface area contributed by atoms with E-state index < -0.39 is 0 Å². The normalized spacial score (nSPS) is 10.9. The molecule has 2 aromatic rings. The number of hydrogen-bond acceptors (Lipinski definition) is 1. The summed E-state index contributed by atoms with van der Waals surface area (Å²) in [6, 6.07) is 14.5. The number of rotatable bonds is 3. The molecule has 3 nitrogen and oxygen atoms in total. The molecule has 0 amide bonds. The van der Waals surface area contributed by atoms with Crippen LogP contribution in [-0.2, 0) is 6.54 Å². The summed E-state index contributed by atoms with van der Waals surface area (Å²) in [4.78, 5) is 4.35. The average Bonchev–Trinajstić information content (AvgIpc) is 2.42. The Morgan fingerprint density at radius 1 is 1.00 bits per heavy atom. The molecule has 0 aliphatic carbocycles. The summed E-state index contributed by atoms with van der Waals surface area (Å²) in [6.07, 6.45) is 0. The lowest BCUT2D eigenvalue weighted by atomic mass is 10.1. The number of nitrogens with zero attached hydrogens (tertiary/aromatic N) is 1. The van der Waals surface area contributed by atoms with E-state index in [0.717, 1.165) is 11.3 Å². The highest BCUT2D eigenvalue weighted by molar-refractivity contribution is 14.0. The van der Waals surface area contributed by atoms with Gasteiger partial charge in [0.25, 0.3) is 0 Å². The summed E-state index contributed by atoms with van der Waals surface area (Å²) in [5, 5.41) is 3.12. The minimum Gasteiger partial charge on any atom is -0.370 e. The number of halogens is 1. The molecule has 3 N–H and O–H groups in total. The third kappa shape index (κ3) is 5.38. The van der Waals surface area contributed by atoms with Gasteiger partial charge in [0, 0.05) is 5.69 Å². The van der Waals surface area contributed by atoms with E-state index in [4.69, 9.17) is 5.73 Å². The largest absolute Gasteiger partial charge is 0.370 e. The van der Waals surface area contributed by atoms with Gasteiger partial charge in [-0.05, 0) is 49.6 Å². The lowest BCUT2D eigenvalue weighted by molar-refractivity contribution is 1.06. The molecule has 0 atom stereocenters. The second kappa shape index (κ2) is 8.02. The minimum atomic E-state index is 0. The molecular weight excluding hydrogens is 373 g/mol. The van der Waals surface area contributed by atoms with Gasteiger partial charge in [-0.1, -0.05) is 35.9 Å². The van der Waals surface area contributed by atoms with Gasteiger partial charge < -0.3 is 11.1 Å². The van der Waals surface area contributed by atoms with Gasteiger partial charge in [-0.15, -0.1) is 24.0 Å². The fraction of sp³-hybridized carbons (Fsp3) is 0.235. The van der Waals surface area contributed by atoms with Gasteiger partial charge in [0.05, 0.1) is 6.54 Å². The first-order valence-electron chi connectivity index (χ1n) is 6.74. The molecule has 0 radical (unpaired) electrons. The summed E-state index contributed by atoms with van der Waals surface area (Å²) in [5.74, 6) is 0.439. The molecule has 4 heteroatoms. The van der Waals surface area contributed by atoms with Crippen molar-refractivity contribution in [2.24, 2.45) is 10.7 Å². The van der Waals surface area contributed by atoms with Crippen molar-refractivity contribution in [2.45, 2.75) is 27.3 Å². The quantitative estimate of drug-likeness (QED) is 0.466. The van der Waals surface area contributed by atoms with Gasteiger partial charge in [-0.2, -0.15) is 0 Å². The van der Waals surface area contributed by atoms with E-state index >= 15 is 0 Å². The van der Waals surface area contributed by atoms with Crippen molar-refractivity contribution in [3.63, 3.8) is 0 Å². The van der Waals surface area contributed by atoms with Gasteiger partial charge in [0.15, 0.2) is 5.96 Å². The molecule has 0 spiro atoms. The molecular formula is C17H22IN3. The Bertz CT molecular complexity index is 618. The van der Waals surface area contributed by atoms with E-state index in [1.165, 1.54) is 16.7 Å². The van der Waals surface area contributed by atoms with Crippen LogP contribution in [0.4, 0.5) is 5.69 Å². The number of nitrogens with two attached hydrogens (primary N) is 1. The van der Waals surface area contributed by atoms with E-state index in [2.05, 4.69) is 67.5 Å². The predicted octanol–water partition coefficient (Wildman–Crippen LogP) is 4.16. The van der Waals surface area contributed by atoms with Crippen LogP contribution in [0.25, 0.3) is 0 Å². The maximum absolute atomic E-state index is 5.91. The molecule has 112 valence electrons. The van der Waals surface area contributed by atoms with E-state index in [9.17, 15) is 0 Å². The second-order valence-electron chi connectivity index (χ2n) is 5.11. The highest BCUT2D eigenvalue weighted by Crippen LogP contribution is 2.13. The van der Waals surface area contributed by atoms with Crippen molar-refractivity contribution in [2.75, 3.05) is 5.32 Å². The van der Waals surface area contributed by atoms with Gasteiger partial charge in [-0.25, -0.2) is 4.99 Å². The topological polar surface area (TPSA) is 50.4 Å². The van der Waals surface area contributed by atoms with Crippen molar-refractivity contribution in [1.82, 2.24) is 0 Å². The molecule has 0 fully saturated rings. The first-order valence-corrected chi connectivity index (χ1v) is 6.74. The molecule has 2 aromatic carbocycles. The van der Waals surface area contributed by atoms with E-state index in [0.29, 0.717) is 12.5 Å². The zero-order valence-electron chi connectivity index (χ0n) is 12.7. The standard InChI is InChI=1S/C17H21N3.HI/c1-12-4-7-15(8-5-12)11-19-17(18)20-16-9-6-13(2)14(3)10-16;/h4-10H,11H2,1-3H3,(H3,18,19,20);1H. The Kier molecular flexibility index (Phi) is 6.68. The van der Waals surface area contributed by atoms with Crippen LogP contribution in [0.2, 0.25) is 0 Å². The number of benzene rings is 2. The van der Waals surface area contributed by atoms with Crippen molar-refractivity contribution >= 4 is 35.6 Å². The zero-order chi connectivity index (χ0) is 14.5. The first-order chi connectivity index (χ1) is 9.54. The van der Waals surface area contributed by atoms with Crippen LogP contribution in [-0.4, -0.2) is 5.96 Å². The average molecular weight is 395 g/mol. The zero-order valence-corrected chi connectivity index (χ0v) is 15.0. The van der Waals surface area contributed by atoms with Gasteiger partial charge >= 0.3 is 0 Å². The summed E-state index contributed by atoms with van der Waals surface area (Å²) < 4.78 is 0. The Labute approximate surface area is 143 Å². The third-order valence-corrected chi connectivity index (χ3v) is 3.33. The molecule has 0 aliphatic rings. The predicted molar refractivity (Wildman–Crippen MR) is 101 cm³/mol. The lowest BCUT2D eigenvalue weighted by Crippen LogP contribution is -2.22. The van der Waals surface area contributed by atoms with Crippen LogP contribution in [0, 0.1) is 20.8 Å². The fourth-order valence-corrected chi connectivity index (χ4v) is 1.88. The molecule has 0 bridgehead atoms. The highest BCUT2D eigenvalue weighted by Gasteiger charge is 1.98. The second-order valence-corrected chi connectivity index (χ2v) is 5.11. The SMILES string of the molecule is Cc1ccc(CN=C(N)Nc2ccc(C)c(C)c2)cc1.I. The Morgan fingerprint density at radius 2 is 1.67 bits per heavy atom. The lowest BCUT2D eigenvalue weighted by Gasteiger charge is -2.08. The maximum Gasteiger partial charge on any atom is 0.193 e. The number of anilines is 1. The Balaban J connectivity index is 0.00000220. The van der Waals surface area contributed by atoms with Crippen molar-refractivity contribution < 1.29 is 0 Å². The summed E-state index contributed by atoms with van der Waals surface area (Å²) in [7, 11) is 0. The maximum atomic E-state index is 5.91. The Morgan fingerprint density at radius 3 is 2.29 bits per heavy atom. The van der Waals surface area contributed by atoms with Crippen molar-refractivity contribution in [3.8, 4) is 0 Å². The van der Waals surface area contributed by atoms with Gasteiger partial charge in [0.1, 0.15) is 0 Å². The van der Waals surface area contributed by atoms with Gasteiger partial charge in [0.2, 0.25) is 0 Å². The molecule has 2 rings (SSSR count). The molecule has 0 unspecified atom stereocenters. The molecule has 0 saturated heterocycles. The number of aryl methyl sites for hydroxylation is 3. The summed E-state index contributed by atoms with van der Waals surface area (Å²) in [6.45, 7) is 6.83. The van der Waals surface area contributed by atoms with Crippen LogP contribution in [0.3, 0.4) is 0 Å². The first kappa shape index (κ1) is 17.5. The number of guanidine groups is 1. The van der Waals surface area contributed by atoms with Crippen molar-refractivity contribution in [3.05, 3.63) is 64.7 Å². The molecule has 0 aromatic heterocycles. The smallest absolute Gasteiger partial charge is 0.193 e. The third-order valence-electron chi connectivity index (χ3n) is 3.33. The fourth-order valence-electron chi connectivity index (χ4n) is 1.88. The number of hydrogen-bond donors (Lipinski definition) is 2. The van der Waals surface area contributed by atoms with E-state index in [1.807, 2.05) is 6.07 Å². The molecule has 0 aliphatic heterocycles. The van der Waals surface area contributed by atoms with Gasteiger partial charge in [-0.3, -0.25) is 0 Å². The van der Waals surface area contributed by atoms with Crippen LogP contribution in [0.5, 0.6) is 0 Å². The number of nitrogens with one attached hydrogen (secondary N) is 1. The molecule has 21 heavy (non-hydrogen) atoms. The monoisotopic (exact) mass is 395 g/mol. The van der Waals surface area contributed by atoms with Crippen molar-refractivity contribution in [1.29, 1.82) is 0 Å². The van der Waals surface area contributed by atoms with Crippen LogP contribution >= 0.6 is 24.0 Å². The highest BCUT2D eigenvalue weighted by atomic mass is 127. The Hall–Kier alpha value is -1.56. The minimum absolute atomic E-state index is 0. The summed E-state index contributed by atoms with van der Waals surface area (Å²) >= 11 is 0. The van der Waals surface area contributed by atoms with Crippen LogP contribution < -0.4 is 11.1 Å². The summed E-state index contributed by atoms with van der Waals surface area (Å²) in [5.41, 5.74) is 11.8. The van der Waals surface area contributed by atoms with E-state index in [1.54, 1.807) is 0 Å².